The summed E-state index contributed by atoms with van der Waals surface area (Å²) in [7, 11) is 0. The summed E-state index contributed by atoms with van der Waals surface area (Å²) in [5, 5.41) is 3.21. The number of carbonyl (C=O) groups is 1. The number of aromatic nitrogens is 1. The van der Waals surface area contributed by atoms with Crippen LogP contribution in [0.4, 0.5) is 5.69 Å². The normalized spacial score (nSPS) is 17.7. The molecule has 0 radical (unpaired) electrons. The fourth-order valence-electron chi connectivity index (χ4n) is 1.66. The predicted octanol–water partition coefficient (Wildman–Crippen LogP) is 0.716. The van der Waals surface area contributed by atoms with Gasteiger partial charge in [-0.05, 0) is 19.1 Å². The summed E-state index contributed by atoms with van der Waals surface area (Å²) in [6, 6.07) is 3.88. The lowest BCUT2D eigenvalue weighted by Gasteiger charge is -2.19. The van der Waals surface area contributed by atoms with Crippen molar-refractivity contribution in [2.45, 2.75) is 13.3 Å². The molecule has 80 valence electrons. The van der Waals surface area contributed by atoms with Gasteiger partial charge in [-0.2, -0.15) is 0 Å². The molecule has 1 aromatic heterocycles. The van der Waals surface area contributed by atoms with Crippen molar-refractivity contribution in [3.05, 3.63) is 24.0 Å². The molecule has 1 aliphatic heterocycles. The molecule has 15 heavy (non-hydrogen) atoms. The Morgan fingerprint density at radius 3 is 3.00 bits per heavy atom. The molecule has 4 nitrogen and oxygen atoms in total. The number of hydrogen-bond donors (Lipinski definition) is 1. The predicted molar refractivity (Wildman–Crippen MR) is 58.8 cm³/mol. The van der Waals surface area contributed by atoms with E-state index in [4.69, 9.17) is 0 Å². The smallest absolute Gasteiger partial charge is 0.228 e. The van der Waals surface area contributed by atoms with Gasteiger partial charge in [0.1, 0.15) is 0 Å². The van der Waals surface area contributed by atoms with Crippen LogP contribution in [0.3, 0.4) is 0 Å². The number of amides is 1. The van der Waals surface area contributed by atoms with Crippen molar-refractivity contribution in [2.75, 3.05) is 24.5 Å². The van der Waals surface area contributed by atoms with Crippen molar-refractivity contribution >= 4 is 11.6 Å². The molecule has 2 heterocycles. The number of aryl methyl sites for hydroxylation is 1. The van der Waals surface area contributed by atoms with E-state index in [9.17, 15) is 4.79 Å². The Morgan fingerprint density at radius 1 is 1.40 bits per heavy atom. The molecular formula is C11H15N3O. The molecule has 1 saturated heterocycles. The first-order valence-corrected chi connectivity index (χ1v) is 5.21. The van der Waals surface area contributed by atoms with Crippen LogP contribution in [0.15, 0.2) is 18.3 Å². The molecule has 0 atom stereocenters. The monoisotopic (exact) mass is 205 g/mol. The second-order valence-corrected chi connectivity index (χ2v) is 3.70. The standard InChI is InChI=1S/C11H15N3O/c1-9-2-3-10(8-13-9)14-7-6-12-5-4-11(14)15/h2-3,8,12H,4-7H2,1H3. The summed E-state index contributed by atoms with van der Waals surface area (Å²) >= 11 is 0. The molecule has 0 spiro atoms. The molecule has 0 saturated carbocycles. The largest absolute Gasteiger partial charge is 0.314 e. The fourth-order valence-corrected chi connectivity index (χ4v) is 1.66. The van der Waals surface area contributed by atoms with Gasteiger partial charge in [0.25, 0.3) is 0 Å². The highest BCUT2D eigenvalue weighted by molar-refractivity contribution is 5.93. The van der Waals surface area contributed by atoms with Gasteiger partial charge in [0.05, 0.1) is 11.9 Å². The summed E-state index contributed by atoms with van der Waals surface area (Å²) in [6.45, 7) is 4.29. The van der Waals surface area contributed by atoms with E-state index in [1.165, 1.54) is 0 Å². The van der Waals surface area contributed by atoms with Gasteiger partial charge >= 0.3 is 0 Å². The number of nitrogens with one attached hydrogen (secondary N) is 1. The zero-order chi connectivity index (χ0) is 10.7. The van der Waals surface area contributed by atoms with Crippen molar-refractivity contribution in [2.24, 2.45) is 0 Å². The zero-order valence-electron chi connectivity index (χ0n) is 8.86. The highest BCUT2D eigenvalue weighted by Gasteiger charge is 2.17. The highest BCUT2D eigenvalue weighted by Crippen LogP contribution is 2.14. The number of hydrogen-bond acceptors (Lipinski definition) is 3. The number of carbonyl (C=O) groups excluding carboxylic acids is 1. The van der Waals surface area contributed by atoms with E-state index in [0.717, 1.165) is 31.0 Å². The third-order valence-corrected chi connectivity index (χ3v) is 2.54. The Labute approximate surface area is 89.3 Å². The van der Waals surface area contributed by atoms with E-state index < -0.39 is 0 Å². The van der Waals surface area contributed by atoms with Crippen LogP contribution in [-0.4, -0.2) is 30.5 Å². The molecule has 2 rings (SSSR count). The quantitative estimate of drug-likeness (QED) is 0.734. The third-order valence-electron chi connectivity index (χ3n) is 2.54. The van der Waals surface area contributed by atoms with Crippen LogP contribution >= 0.6 is 0 Å². The first-order chi connectivity index (χ1) is 7.27. The van der Waals surface area contributed by atoms with Gasteiger partial charge in [-0.1, -0.05) is 0 Å². The number of rotatable bonds is 1. The van der Waals surface area contributed by atoms with Crippen molar-refractivity contribution < 1.29 is 4.79 Å². The first kappa shape index (κ1) is 10.1. The Hall–Kier alpha value is -1.42. The average molecular weight is 205 g/mol. The Balaban J connectivity index is 2.20. The maximum Gasteiger partial charge on any atom is 0.228 e. The lowest BCUT2D eigenvalue weighted by molar-refractivity contribution is -0.118. The van der Waals surface area contributed by atoms with Crippen LogP contribution in [0.25, 0.3) is 0 Å². The summed E-state index contributed by atoms with van der Waals surface area (Å²) in [5.74, 6) is 0.172. The molecule has 1 fully saturated rings. The van der Waals surface area contributed by atoms with Crippen molar-refractivity contribution in [1.29, 1.82) is 0 Å². The lowest BCUT2D eigenvalue weighted by Crippen LogP contribution is -2.32. The SMILES string of the molecule is Cc1ccc(N2CCNCCC2=O)cn1. The van der Waals surface area contributed by atoms with Crippen molar-refractivity contribution in [1.82, 2.24) is 10.3 Å². The van der Waals surface area contributed by atoms with Gasteiger partial charge in [-0.15, -0.1) is 0 Å². The highest BCUT2D eigenvalue weighted by atomic mass is 16.2. The van der Waals surface area contributed by atoms with Crippen LogP contribution in [-0.2, 0) is 4.79 Å². The minimum atomic E-state index is 0.172. The Bertz CT molecular complexity index is 347. The first-order valence-electron chi connectivity index (χ1n) is 5.21. The third kappa shape index (κ3) is 2.33. The molecule has 1 aromatic rings. The van der Waals surface area contributed by atoms with Gasteiger partial charge < -0.3 is 10.2 Å². The van der Waals surface area contributed by atoms with Gasteiger partial charge in [-0.25, -0.2) is 0 Å². The van der Waals surface area contributed by atoms with Gasteiger partial charge in [-0.3, -0.25) is 9.78 Å². The second-order valence-electron chi connectivity index (χ2n) is 3.70. The summed E-state index contributed by atoms with van der Waals surface area (Å²) in [4.78, 5) is 17.8. The molecule has 0 unspecified atom stereocenters. The maximum absolute atomic E-state index is 11.8. The minimum absolute atomic E-state index is 0.172. The van der Waals surface area contributed by atoms with Crippen LogP contribution in [0.1, 0.15) is 12.1 Å². The molecule has 0 aliphatic carbocycles. The zero-order valence-corrected chi connectivity index (χ0v) is 8.86. The van der Waals surface area contributed by atoms with E-state index in [0.29, 0.717) is 6.42 Å². The van der Waals surface area contributed by atoms with Gasteiger partial charge in [0.2, 0.25) is 5.91 Å². The number of anilines is 1. The van der Waals surface area contributed by atoms with E-state index in [2.05, 4.69) is 10.3 Å². The van der Waals surface area contributed by atoms with E-state index in [1.54, 1.807) is 11.1 Å². The number of pyridine rings is 1. The minimum Gasteiger partial charge on any atom is -0.314 e. The van der Waals surface area contributed by atoms with E-state index >= 15 is 0 Å². The summed E-state index contributed by atoms with van der Waals surface area (Å²) in [5.41, 5.74) is 1.87. The van der Waals surface area contributed by atoms with Gasteiger partial charge in [0.15, 0.2) is 0 Å². The molecule has 0 bridgehead atoms. The average Bonchev–Trinajstić information content (AvgIpc) is 2.44. The maximum atomic E-state index is 11.8. The topological polar surface area (TPSA) is 45.2 Å². The molecule has 4 heteroatoms. The molecule has 1 N–H and O–H groups in total. The second kappa shape index (κ2) is 4.40. The lowest BCUT2D eigenvalue weighted by atomic mass is 10.3. The fraction of sp³-hybridized carbons (Fsp3) is 0.455. The van der Waals surface area contributed by atoms with E-state index in [-0.39, 0.29) is 5.91 Å². The summed E-state index contributed by atoms with van der Waals surface area (Å²) in [6.07, 6.45) is 2.33. The summed E-state index contributed by atoms with van der Waals surface area (Å²) < 4.78 is 0. The van der Waals surface area contributed by atoms with Crippen molar-refractivity contribution in [3.63, 3.8) is 0 Å². The molecular weight excluding hydrogens is 190 g/mol. The van der Waals surface area contributed by atoms with Crippen LogP contribution in [0, 0.1) is 6.92 Å². The van der Waals surface area contributed by atoms with Crippen LogP contribution in [0.5, 0.6) is 0 Å². The molecule has 1 amide bonds. The molecule has 1 aliphatic rings. The number of nitrogens with zero attached hydrogens (tertiary/aromatic N) is 2. The van der Waals surface area contributed by atoms with E-state index in [1.807, 2.05) is 19.1 Å². The Kier molecular flexibility index (Phi) is 2.97. The van der Waals surface area contributed by atoms with Crippen LogP contribution in [0.2, 0.25) is 0 Å². The molecule has 0 aromatic carbocycles. The van der Waals surface area contributed by atoms with Crippen molar-refractivity contribution in [3.8, 4) is 0 Å². The van der Waals surface area contributed by atoms with Crippen LogP contribution < -0.4 is 10.2 Å². The Morgan fingerprint density at radius 2 is 2.27 bits per heavy atom. The van der Waals surface area contributed by atoms with Gasteiger partial charge in [0, 0.05) is 31.7 Å².